The van der Waals surface area contributed by atoms with E-state index in [4.69, 9.17) is 11.1 Å². The second-order valence-corrected chi connectivity index (χ2v) is 7.32. The van der Waals surface area contributed by atoms with Gasteiger partial charge in [0.25, 0.3) is 5.92 Å². The van der Waals surface area contributed by atoms with Crippen molar-refractivity contribution in [3.05, 3.63) is 53.4 Å². The third kappa shape index (κ3) is 3.72. The lowest BCUT2D eigenvalue weighted by molar-refractivity contribution is -0.423. The molecule has 150 valence electrons. The molecule has 0 unspecified atom stereocenters. The van der Waals surface area contributed by atoms with Crippen LogP contribution in [0.1, 0.15) is 29.7 Å². The van der Waals surface area contributed by atoms with Gasteiger partial charge in [-0.3, -0.25) is 5.41 Å². The first-order chi connectivity index (χ1) is 13.7. The smallest absolute Gasteiger partial charge is 0.265 e. The lowest BCUT2D eigenvalue weighted by Crippen LogP contribution is -2.43. The molecular weight excluding hydrogens is 381 g/mol. The molecule has 29 heavy (non-hydrogen) atoms. The molecule has 0 spiro atoms. The monoisotopic (exact) mass is 401 g/mol. The Morgan fingerprint density at radius 2 is 2.03 bits per heavy atom. The van der Waals surface area contributed by atoms with Crippen LogP contribution < -0.4 is 10.6 Å². The van der Waals surface area contributed by atoms with Gasteiger partial charge in [-0.05, 0) is 18.6 Å². The molecule has 2 aliphatic heterocycles. The maximum absolute atomic E-state index is 14.3. The van der Waals surface area contributed by atoms with Crippen LogP contribution in [0, 0.1) is 11.2 Å². The molecule has 3 N–H and O–H groups in total. The zero-order valence-corrected chi connectivity index (χ0v) is 15.8. The van der Waals surface area contributed by atoms with Gasteiger partial charge >= 0.3 is 0 Å². The maximum Gasteiger partial charge on any atom is 0.265 e. The second-order valence-electron chi connectivity index (χ2n) is 7.32. The molecule has 6 nitrogen and oxygen atoms in total. The first kappa shape index (κ1) is 19.1. The fourth-order valence-electron chi connectivity index (χ4n) is 3.55. The number of anilines is 2. The van der Waals surface area contributed by atoms with Crippen molar-refractivity contribution in [2.24, 2.45) is 0 Å². The average Bonchev–Trinajstić information content (AvgIpc) is 2.65. The molecular formula is C20H20F3N6+. The number of nitrogens with one attached hydrogen (secondary N) is 1. The van der Waals surface area contributed by atoms with Gasteiger partial charge in [-0.1, -0.05) is 0 Å². The number of benzene rings is 1. The van der Waals surface area contributed by atoms with Crippen LogP contribution in [-0.4, -0.2) is 52.5 Å². The summed E-state index contributed by atoms with van der Waals surface area (Å²) in [5.41, 5.74) is 7.62. The Balaban J connectivity index is 1.65. The SMILES string of the molecule is C[N+]1=CC(c2cc(C(=N)c3cc(N4CCCC(F)(F)C4)ncn3)c(N)cc2F)=C1. The number of alkyl halides is 2. The minimum absolute atomic E-state index is 0.0237. The maximum atomic E-state index is 14.3. The number of hydrogen-bond acceptors (Lipinski definition) is 5. The number of allylic oxidation sites excluding steroid dienone is 1. The molecule has 9 heteroatoms. The molecule has 0 bridgehead atoms. The summed E-state index contributed by atoms with van der Waals surface area (Å²) in [6.07, 6.45) is 4.98. The lowest BCUT2D eigenvalue weighted by atomic mass is 9.97. The number of piperidine rings is 1. The number of hydrogen-bond donors (Lipinski definition) is 2. The van der Waals surface area contributed by atoms with Crippen molar-refractivity contribution in [3.63, 3.8) is 0 Å². The molecule has 0 aliphatic carbocycles. The number of halogens is 3. The highest BCUT2D eigenvalue weighted by Crippen LogP contribution is 2.30. The number of aromatic nitrogens is 2. The van der Waals surface area contributed by atoms with E-state index in [0.717, 1.165) is 0 Å². The standard InChI is InChI=1S/C20H20F3N6/c1-28-8-12(9-28)13-5-14(16(24)6-15(13)21)19(25)17-7-18(27-11-26-17)29-4-2-3-20(22,23)10-29/h5-9,11,25H,2-4,10,24H2,1H3/q+1. The average molecular weight is 401 g/mol. The van der Waals surface area contributed by atoms with Gasteiger partial charge in [-0.2, -0.15) is 0 Å². The van der Waals surface area contributed by atoms with Gasteiger partial charge in [0.15, 0.2) is 12.4 Å². The molecule has 4 rings (SSSR count). The van der Waals surface area contributed by atoms with Crippen molar-refractivity contribution in [1.29, 1.82) is 5.41 Å². The van der Waals surface area contributed by atoms with Gasteiger partial charge in [0.1, 0.15) is 30.6 Å². The van der Waals surface area contributed by atoms with E-state index >= 15 is 0 Å². The first-order valence-corrected chi connectivity index (χ1v) is 9.16. The molecule has 3 heterocycles. The predicted molar refractivity (Wildman–Crippen MR) is 105 cm³/mol. The van der Waals surface area contributed by atoms with Gasteiger partial charge in [-0.15, -0.1) is 0 Å². The quantitative estimate of drug-likeness (QED) is 0.469. The van der Waals surface area contributed by atoms with Crippen molar-refractivity contribution in [2.45, 2.75) is 18.8 Å². The van der Waals surface area contributed by atoms with E-state index in [9.17, 15) is 13.2 Å². The van der Waals surface area contributed by atoms with Gasteiger partial charge in [0.2, 0.25) is 0 Å². The lowest BCUT2D eigenvalue weighted by Gasteiger charge is -2.33. The minimum Gasteiger partial charge on any atom is -0.398 e. The van der Waals surface area contributed by atoms with E-state index in [2.05, 4.69) is 9.97 Å². The summed E-state index contributed by atoms with van der Waals surface area (Å²) in [7, 11) is 1.83. The van der Waals surface area contributed by atoms with Gasteiger partial charge in [0, 0.05) is 35.8 Å². The van der Waals surface area contributed by atoms with Crippen molar-refractivity contribution < 1.29 is 17.7 Å². The van der Waals surface area contributed by atoms with Crippen LogP contribution in [0.15, 0.2) is 30.7 Å². The Morgan fingerprint density at radius 3 is 2.72 bits per heavy atom. The fourth-order valence-corrected chi connectivity index (χ4v) is 3.55. The Labute approximate surface area is 165 Å². The Hall–Kier alpha value is -3.23. The molecule has 2 aliphatic rings. The highest BCUT2D eigenvalue weighted by atomic mass is 19.3. The molecule has 1 aromatic heterocycles. The molecule has 1 fully saturated rings. The molecule has 0 amide bonds. The summed E-state index contributed by atoms with van der Waals surface area (Å²) in [4.78, 5) is 9.68. The first-order valence-electron chi connectivity index (χ1n) is 9.16. The summed E-state index contributed by atoms with van der Waals surface area (Å²) in [5, 5.41) is 8.52. The highest BCUT2D eigenvalue weighted by Gasteiger charge is 2.35. The summed E-state index contributed by atoms with van der Waals surface area (Å²) < 4.78 is 43.6. The topological polar surface area (TPSA) is 81.9 Å². The Bertz CT molecular complexity index is 1060. The van der Waals surface area contributed by atoms with Crippen LogP contribution in [0.3, 0.4) is 0 Å². The number of nitrogens with two attached hydrogens (primary N) is 1. The fraction of sp³-hybridized carbons (Fsp3) is 0.300. The number of nitrogens with zero attached hydrogens (tertiary/aromatic N) is 4. The van der Waals surface area contributed by atoms with E-state index in [-0.39, 0.29) is 23.5 Å². The van der Waals surface area contributed by atoms with Gasteiger partial charge < -0.3 is 10.6 Å². The van der Waals surface area contributed by atoms with Crippen LogP contribution in [0.2, 0.25) is 0 Å². The third-order valence-corrected chi connectivity index (χ3v) is 5.03. The largest absolute Gasteiger partial charge is 0.398 e. The Kier molecular flexibility index (Phi) is 4.60. The predicted octanol–water partition coefficient (Wildman–Crippen LogP) is 2.92. The third-order valence-electron chi connectivity index (χ3n) is 5.03. The molecule has 2 aromatic rings. The summed E-state index contributed by atoms with van der Waals surface area (Å²) in [6.45, 7) is 0.0385. The van der Waals surface area contributed by atoms with Crippen molar-refractivity contribution in [2.75, 3.05) is 30.8 Å². The van der Waals surface area contributed by atoms with Crippen LogP contribution in [0.5, 0.6) is 0 Å². The van der Waals surface area contributed by atoms with Crippen LogP contribution >= 0.6 is 0 Å². The second kappa shape index (κ2) is 6.98. The molecule has 1 aromatic carbocycles. The molecule has 0 radical (unpaired) electrons. The van der Waals surface area contributed by atoms with Crippen molar-refractivity contribution in [3.8, 4) is 0 Å². The van der Waals surface area contributed by atoms with E-state index in [1.54, 1.807) is 17.0 Å². The molecule has 0 atom stereocenters. The van der Waals surface area contributed by atoms with E-state index in [1.807, 2.05) is 7.05 Å². The van der Waals surface area contributed by atoms with E-state index in [1.165, 1.54) is 29.4 Å². The summed E-state index contributed by atoms with van der Waals surface area (Å²) in [5.74, 6) is -2.92. The zero-order chi connectivity index (χ0) is 20.8. The van der Waals surface area contributed by atoms with E-state index in [0.29, 0.717) is 35.5 Å². The molecule has 0 saturated carbocycles. The van der Waals surface area contributed by atoms with Crippen LogP contribution in [0.25, 0.3) is 5.57 Å². The van der Waals surface area contributed by atoms with Gasteiger partial charge in [-0.25, -0.2) is 27.7 Å². The van der Waals surface area contributed by atoms with Crippen LogP contribution in [0.4, 0.5) is 24.7 Å². The zero-order valence-electron chi connectivity index (χ0n) is 15.8. The summed E-state index contributed by atoms with van der Waals surface area (Å²) >= 11 is 0. The highest BCUT2D eigenvalue weighted by molar-refractivity contribution is 6.15. The normalized spacial score (nSPS) is 18.0. The molecule has 1 saturated heterocycles. The number of rotatable bonds is 4. The summed E-state index contributed by atoms with van der Waals surface area (Å²) in [6, 6.07) is 4.19. The minimum atomic E-state index is -2.77. The van der Waals surface area contributed by atoms with Crippen molar-refractivity contribution >= 4 is 29.0 Å². The van der Waals surface area contributed by atoms with Crippen LogP contribution in [-0.2, 0) is 0 Å². The Morgan fingerprint density at radius 1 is 1.28 bits per heavy atom. The van der Waals surface area contributed by atoms with E-state index < -0.39 is 18.3 Å². The van der Waals surface area contributed by atoms with Gasteiger partial charge in [0.05, 0.1) is 18.0 Å². The number of nitrogen functional groups attached to an aromatic ring is 1. The van der Waals surface area contributed by atoms with Crippen molar-refractivity contribution in [1.82, 2.24) is 9.97 Å².